The standard InChI is InChI=1S/C21H18F3N7O2/c1-11(12-3-2-4-13(17(12)22)18(23)24)28-19-14-7-15(30-5-6-33-8-16(30)32)21-29-27-10-31(21)20(14)26-9-25-19/h2-4,7,9-11,18H,5-6,8H2,1H3,(H,25,26,28)/t11-/m1/s1. The molecule has 5 rings (SSSR count). The van der Waals surface area contributed by atoms with Gasteiger partial charge in [0.25, 0.3) is 12.3 Å². The molecule has 0 radical (unpaired) electrons. The van der Waals surface area contributed by atoms with Crippen molar-refractivity contribution in [2.75, 3.05) is 30.0 Å². The highest BCUT2D eigenvalue weighted by atomic mass is 19.3. The maximum atomic E-state index is 14.7. The average Bonchev–Trinajstić information content (AvgIpc) is 3.29. The number of aromatic nitrogens is 5. The zero-order chi connectivity index (χ0) is 23.1. The molecule has 1 N–H and O–H groups in total. The number of pyridine rings is 1. The SMILES string of the molecule is C[C@@H](Nc1ncnc2c1cc(N1CCOCC1=O)c1nncn12)c1cccc(C(F)F)c1F. The number of fused-ring (bicyclic) bond motifs is 3. The number of nitrogens with zero attached hydrogens (tertiary/aromatic N) is 6. The molecular formula is C21H18F3N7O2. The van der Waals surface area contributed by atoms with Crippen molar-refractivity contribution in [1.29, 1.82) is 0 Å². The number of morpholine rings is 1. The fourth-order valence-electron chi connectivity index (χ4n) is 3.92. The Bertz CT molecular complexity index is 1360. The van der Waals surface area contributed by atoms with E-state index in [1.165, 1.54) is 24.8 Å². The molecule has 12 heteroatoms. The number of alkyl halides is 2. The van der Waals surface area contributed by atoms with Crippen LogP contribution in [0.4, 0.5) is 24.7 Å². The van der Waals surface area contributed by atoms with Crippen LogP contribution in [0.25, 0.3) is 16.7 Å². The second kappa shape index (κ2) is 8.28. The van der Waals surface area contributed by atoms with Gasteiger partial charge in [-0.2, -0.15) is 0 Å². The predicted molar refractivity (Wildman–Crippen MR) is 113 cm³/mol. The molecular weight excluding hydrogens is 439 g/mol. The van der Waals surface area contributed by atoms with Gasteiger partial charge in [-0.25, -0.2) is 23.1 Å². The molecule has 3 aromatic heterocycles. The first kappa shape index (κ1) is 21.1. The molecule has 33 heavy (non-hydrogen) atoms. The minimum Gasteiger partial charge on any atom is -0.370 e. The van der Waals surface area contributed by atoms with Crippen LogP contribution in [0.15, 0.2) is 36.9 Å². The van der Waals surface area contributed by atoms with Crippen LogP contribution in [0.5, 0.6) is 0 Å². The molecule has 0 bridgehead atoms. The molecule has 0 saturated carbocycles. The molecule has 4 aromatic rings. The summed E-state index contributed by atoms with van der Waals surface area (Å²) in [5.74, 6) is -0.852. The Balaban J connectivity index is 1.60. The van der Waals surface area contributed by atoms with Crippen molar-refractivity contribution in [3.05, 3.63) is 53.9 Å². The van der Waals surface area contributed by atoms with Gasteiger partial charge in [-0.3, -0.25) is 9.20 Å². The number of benzene rings is 1. The van der Waals surface area contributed by atoms with Crippen LogP contribution in [0.1, 0.15) is 30.5 Å². The minimum absolute atomic E-state index is 0.0501. The summed E-state index contributed by atoms with van der Waals surface area (Å²) in [7, 11) is 0. The van der Waals surface area contributed by atoms with E-state index >= 15 is 0 Å². The highest BCUT2D eigenvalue weighted by Gasteiger charge is 2.26. The number of halogens is 3. The smallest absolute Gasteiger partial charge is 0.266 e. The highest BCUT2D eigenvalue weighted by Crippen LogP contribution is 2.33. The first-order valence-corrected chi connectivity index (χ1v) is 10.1. The maximum absolute atomic E-state index is 14.7. The van der Waals surface area contributed by atoms with Crippen LogP contribution in [-0.4, -0.2) is 50.2 Å². The van der Waals surface area contributed by atoms with Crippen LogP contribution in [-0.2, 0) is 9.53 Å². The summed E-state index contributed by atoms with van der Waals surface area (Å²) in [4.78, 5) is 22.6. The van der Waals surface area contributed by atoms with E-state index in [0.29, 0.717) is 41.3 Å². The molecule has 170 valence electrons. The van der Waals surface area contributed by atoms with Crippen LogP contribution in [0, 0.1) is 5.82 Å². The van der Waals surface area contributed by atoms with Crippen molar-refractivity contribution in [3.63, 3.8) is 0 Å². The predicted octanol–water partition coefficient (Wildman–Crippen LogP) is 3.29. The molecule has 9 nitrogen and oxygen atoms in total. The Morgan fingerprint density at radius 3 is 2.79 bits per heavy atom. The molecule has 0 spiro atoms. The number of nitrogens with one attached hydrogen (secondary N) is 1. The Labute approximate surface area is 185 Å². The third-order valence-electron chi connectivity index (χ3n) is 5.54. The summed E-state index contributed by atoms with van der Waals surface area (Å²) in [5.41, 5.74) is 0.822. The fraction of sp³-hybridized carbons (Fsp3) is 0.286. The van der Waals surface area contributed by atoms with Gasteiger partial charge in [0.1, 0.15) is 30.9 Å². The summed E-state index contributed by atoms with van der Waals surface area (Å²) >= 11 is 0. The fourth-order valence-corrected chi connectivity index (χ4v) is 3.92. The molecule has 1 amide bonds. The van der Waals surface area contributed by atoms with Crippen LogP contribution >= 0.6 is 0 Å². The van der Waals surface area contributed by atoms with Crippen LogP contribution < -0.4 is 10.2 Å². The monoisotopic (exact) mass is 457 g/mol. The van der Waals surface area contributed by atoms with E-state index in [9.17, 15) is 18.0 Å². The average molecular weight is 457 g/mol. The molecule has 1 aromatic carbocycles. The van der Waals surface area contributed by atoms with E-state index < -0.39 is 23.8 Å². The van der Waals surface area contributed by atoms with Crippen LogP contribution in [0.3, 0.4) is 0 Å². The molecule has 1 fully saturated rings. The lowest BCUT2D eigenvalue weighted by Gasteiger charge is -2.27. The van der Waals surface area contributed by atoms with E-state index in [4.69, 9.17) is 4.74 Å². The van der Waals surface area contributed by atoms with Crippen LogP contribution in [0.2, 0.25) is 0 Å². The summed E-state index contributed by atoms with van der Waals surface area (Å²) < 4.78 is 47.8. The third-order valence-corrected chi connectivity index (χ3v) is 5.54. The van der Waals surface area contributed by atoms with Gasteiger partial charge >= 0.3 is 0 Å². The Kier molecular flexibility index (Phi) is 5.29. The topological polar surface area (TPSA) is 97.5 Å². The van der Waals surface area contributed by atoms with Gasteiger partial charge in [-0.1, -0.05) is 18.2 Å². The Morgan fingerprint density at radius 2 is 2.00 bits per heavy atom. The summed E-state index contributed by atoms with van der Waals surface area (Å²) in [6, 6.07) is 4.91. The van der Waals surface area contributed by atoms with Crippen molar-refractivity contribution in [1.82, 2.24) is 24.6 Å². The lowest BCUT2D eigenvalue weighted by Crippen LogP contribution is -2.42. The number of anilines is 2. The van der Waals surface area contributed by atoms with Gasteiger partial charge < -0.3 is 15.0 Å². The number of carbonyl (C=O) groups is 1. The summed E-state index contributed by atoms with van der Waals surface area (Å²) in [6.45, 7) is 2.31. The van der Waals surface area contributed by atoms with E-state index in [0.717, 1.165) is 6.07 Å². The molecule has 0 unspecified atom stereocenters. The van der Waals surface area contributed by atoms with Crippen molar-refractivity contribution in [3.8, 4) is 0 Å². The third kappa shape index (κ3) is 3.61. The van der Waals surface area contributed by atoms with E-state index in [1.54, 1.807) is 22.3 Å². The number of rotatable bonds is 5. The highest BCUT2D eigenvalue weighted by molar-refractivity contribution is 6.02. The lowest BCUT2D eigenvalue weighted by atomic mass is 10.0. The lowest BCUT2D eigenvalue weighted by molar-refractivity contribution is -0.125. The zero-order valence-corrected chi connectivity index (χ0v) is 17.4. The van der Waals surface area contributed by atoms with Gasteiger partial charge in [0.05, 0.1) is 29.3 Å². The largest absolute Gasteiger partial charge is 0.370 e. The van der Waals surface area contributed by atoms with Crippen molar-refractivity contribution < 1.29 is 22.7 Å². The number of hydrogen-bond acceptors (Lipinski definition) is 7. The van der Waals surface area contributed by atoms with Crippen molar-refractivity contribution in [2.24, 2.45) is 0 Å². The Hall–Kier alpha value is -3.80. The summed E-state index contributed by atoms with van der Waals surface area (Å²) in [5, 5.41) is 11.7. The van der Waals surface area contributed by atoms with Crippen molar-refractivity contribution in [2.45, 2.75) is 19.4 Å². The van der Waals surface area contributed by atoms with E-state index in [-0.39, 0.29) is 18.1 Å². The zero-order valence-electron chi connectivity index (χ0n) is 17.4. The first-order chi connectivity index (χ1) is 16.0. The maximum Gasteiger partial charge on any atom is 0.266 e. The number of carbonyl (C=O) groups excluding carboxylic acids is 1. The molecule has 1 aliphatic rings. The van der Waals surface area contributed by atoms with Gasteiger partial charge in [0, 0.05) is 12.1 Å². The number of ether oxygens (including phenoxy) is 1. The van der Waals surface area contributed by atoms with Gasteiger partial charge in [-0.15, -0.1) is 10.2 Å². The summed E-state index contributed by atoms with van der Waals surface area (Å²) in [6.07, 6.45) is -0.131. The molecule has 1 aliphatic heterocycles. The first-order valence-electron chi connectivity index (χ1n) is 10.1. The minimum atomic E-state index is -2.92. The normalized spacial score (nSPS) is 15.5. The van der Waals surface area contributed by atoms with E-state index in [1.807, 2.05) is 0 Å². The molecule has 0 aliphatic carbocycles. The van der Waals surface area contributed by atoms with Gasteiger partial charge in [0.15, 0.2) is 11.3 Å². The second-order valence-corrected chi connectivity index (χ2v) is 7.53. The van der Waals surface area contributed by atoms with Crippen molar-refractivity contribution >= 4 is 34.1 Å². The molecule has 1 saturated heterocycles. The van der Waals surface area contributed by atoms with Gasteiger partial charge in [0.2, 0.25) is 0 Å². The van der Waals surface area contributed by atoms with E-state index in [2.05, 4.69) is 25.5 Å². The number of amides is 1. The quantitative estimate of drug-likeness (QED) is 0.491. The number of hydrogen-bond donors (Lipinski definition) is 1. The molecule has 4 heterocycles. The Morgan fingerprint density at radius 1 is 1.18 bits per heavy atom. The van der Waals surface area contributed by atoms with Gasteiger partial charge in [-0.05, 0) is 13.0 Å². The second-order valence-electron chi connectivity index (χ2n) is 7.53. The molecule has 1 atom stereocenters.